The first kappa shape index (κ1) is 13.5. The number of sulfone groups is 1. The minimum atomic E-state index is -3.22. The second kappa shape index (κ2) is 5.18. The lowest BCUT2D eigenvalue weighted by molar-refractivity contribution is 0.268. The van der Waals surface area contributed by atoms with E-state index in [9.17, 15) is 8.42 Å². The predicted octanol–water partition coefficient (Wildman–Crippen LogP) is 0.804. The van der Waals surface area contributed by atoms with Crippen LogP contribution in [0, 0.1) is 0 Å². The molecule has 6 heteroatoms. The molecule has 0 radical (unpaired) electrons. The molecule has 0 heterocycles. The Morgan fingerprint density at radius 1 is 1.50 bits per heavy atom. The van der Waals surface area contributed by atoms with Gasteiger partial charge in [0.25, 0.3) is 0 Å². The highest BCUT2D eigenvalue weighted by molar-refractivity contribution is 7.99. The fraction of sp³-hybridized carbons (Fsp3) is 0.400. The molecule has 0 saturated carbocycles. The average Bonchev–Trinajstić information content (AvgIpc) is 2.25. The van der Waals surface area contributed by atoms with Gasteiger partial charge < -0.3 is 10.8 Å². The van der Waals surface area contributed by atoms with Gasteiger partial charge in [-0.1, -0.05) is 6.07 Å². The normalized spacial score (nSPS) is 13.8. The Balaban J connectivity index is 3.28. The minimum absolute atomic E-state index is 0.161. The summed E-state index contributed by atoms with van der Waals surface area (Å²) in [6.45, 7) is -0.161. The van der Waals surface area contributed by atoms with E-state index < -0.39 is 15.9 Å². The maximum atomic E-state index is 11.5. The fourth-order valence-corrected chi connectivity index (χ4v) is 3.29. The Labute approximate surface area is 99.8 Å². The second-order valence-electron chi connectivity index (χ2n) is 3.47. The number of aliphatic hydroxyl groups excluding tert-OH is 1. The second-order valence-corrected chi connectivity index (χ2v) is 6.30. The summed E-state index contributed by atoms with van der Waals surface area (Å²) in [5, 5.41) is 8.93. The topological polar surface area (TPSA) is 80.4 Å². The van der Waals surface area contributed by atoms with Crippen molar-refractivity contribution >= 4 is 21.6 Å². The predicted molar refractivity (Wildman–Crippen MR) is 65.3 cm³/mol. The van der Waals surface area contributed by atoms with Crippen LogP contribution in [0.15, 0.2) is 28.0 Å². The van der Waals surface area contributed by atoms with Gasteiger partial charge in [0, 0.05) is 11.2 Å². The van der Waals surface area contributed by atoms with Gasteiger partial charge in [-0.2, -0.15) is 0 Å². The Hall–Kier alpha value is -0.560. The fourth-order valence-electron chi connectivity index (χ4n) is 1.33. The van der Waals surface area contributed by atoms with Crippen molar-refractivity contribution in [2.24, 2.45) is 5.73 Å². The van der Waals surface area contributed by atoms with Gasteiger partial charge in [-0.15, -0.1) is 11.8 Å². The van der Waals surface area contributed by atoms with Crippen molar-refractivity contribution < 1.29 is 13.5 Å². The smallest absolute Gasteiger partial charge is 0.176 e. The van der Waals surface area contributed by atoms with Crippen LogP contribution in [0.25, 0.3) is 0 Å². The minimum Gasteiger partial charge on any atom is -0.394 e. The van der Waals surface area contributed by atoms with E-state index in [0.717, 1.165) is 5.56 Å². The van der Waals surface area contributed by atoms with Gasteiger partial charge >= 0.3 is 0 Å². The summed E-state index contributed by atoms with van der Waals surface area (Å²) in [4.78, 5) is 0.956. The van der Waals surface area contributed by atoms with Gasteiger partial charge in [-0.05, 0) is 24.0 Å². The highest BCUT2D eigenvalue weighted by Crippen LogP contribution is 2.27. The molecule has 0 amide bonds. The summed E-state index contributed by atoms with van der Waals surface area (Å²) >= 11 is 1.35. The highest BCUT2D eigenvalue weighted by Gasteiger charge is 2.15. The molecular formula is C10H15NO3S2. The number of benzene rings is 1. The third-order valence-electron chi connectivity index (χ3n) is 2.21. The lowest BCUT2D eigenvalue weighted by atomic mass is 10.1. The first-order valence-electron chi connectivity index (χ1n) is 4.64. The third kappa shape index (κ3) is 2.98. The molecule has 0 fully saturated rings. The van der Waals surface area contributed by atoms with Gasteiger partial charge in [0.15, 0.2) is 9.84 Å². The SMILES string of the molecule is CSc1cc(C(N)CO)ccc1S(C)(=O)=O. The number of aliphatic hydroxyl groups is 1. The number of hydrogen-bond donors (Lipinski definition) is 2. The van der Waals surface area contributed by atoms with Crippen molar-refractivity contribution in [3.05, 3.63) is 23.8 Å². The first-order chi connectivity index (χ1) is 7.40. The van der Waals surface area contributed by atoms with Crippen molar-refractivity contribution in [3.63, 3.8) is 0 Å². The van der Waals surface area contributed by atoms with Gasteiger partial charge in [-0.25, -0.2) is 8.42 Å². The zero-order valence-corrected chi connectivity index (χ0v) is 10.8. The van der Waals surface area contributed by atoms with E-state index in [1.807, 2.05) is 0 Å². The summed E-state index contributed by atoms with van der Waals surface area (Å²) < 4.78 is 22.9. The highest BCUT2D eigenvalue weighted by atomic mass is 32.2. The van der Waals surface area contributed by atoms with E-state index in [1.165, 1.54) is 24.1 Å². The summed E-state index contributed by atoms with van der Waals surface area (Å²) in [6.07, 6.45) is 2.98. The Kier molecular flexibility index (Phi) is 4.37. The molecule has 4 nitrogen and oxygen atoms in total. The van der Waals surface area contributed by atoms with Crippen LogP contribution in [0.1, 0.15) is 11.6 Å². The molecule has 1 atom stereocenters. The molecule has 1 aromatic rings. The molecule has 3 N–H and O–H groups in total. The lowest BCUT2D eigenvalue weighted by Crippen LogP contribution is -2.14. The van der Waals surface area contributed by atoms with Crippen molar-refractivity contribution in [2.45, 2.75) is 15.8 Å². The lowest BCUT2D eigenvalue weighted by Gasteiger charge is -2.12. The average molecular weight is 261 g/mol. The molecule has 1 aromatic carbocycles. The molecule has 0 bridgehead atoms. The quantitative estimate of drug-likeness (QED) is 0.784. The first-order valence-corrected chi connectivity index (χ1v) is 7.76. The van der Waals surface area contributed by atoms with E-state index in [0.29, 0.717) is 9.79 Å². The number of nitrogens with two attached hydrogens (primary N) is 1. The van der Waals surface area contributed by atoms with Gasteiger partial charge in [0.1, 0.15) is 0 Å². The van der Waals surface area contributed by atoms with E-state index in [2.05, 4.69) is 0 Å². The molecular weight excluding hydrogens is 246 g/mol. The van der Waals surface area contributed by atoms with Crippen molar-refractivity contribution in [3.8, 4) is 0 Å². The van der Waals surface area contributed by atoms with Crippen molar-refractivity contribution in [1.82, 2.24) is 0 Å². The molecule has 90 valence electrons. The van der Waals surface area contributed by atoms with Crippen LogP contribution in [-0.4, -0.2) is 32.6 Å². The summed E-state index contributed by atoms with van der Waals surface area (Å²) in [6, 6.07) is 4.41. The molecule has 16 heavy (non-hydrogen) atoms. The van der Waals surface area contributed by atoms with Gasteiger partial charge in [0.05, 0.1) is 17.5 Å². The molecule has 0 aliphatic heterocycles. The summed E-state index contributed by atoms with van der Waals surface area (Å²) in [5.41, 5.74) is 6.40. The van der Waals surface area contributed by atoms with E-state index in [-0.39, 0.29) is 6.61 Å². The van der Waals surface area contributed by atoms with Gasteiger partial charge in [-0.3, -0.25) is 0 Å². The molecule has 0 spiro atoms. The number of hydrogen-bond acceptors (Lipinski definition) is 5. The maximum Gasteiger partial charge on any atom is 0.176 e. The Bertz CT molecular complexity index is 471. The van der Waals surface area contributed by atoms with E-state index >= 15 is 0 Å². The Morgan fingerprint density at radius 2 is 2.12 bits per heavy atom. The molecule has 0 aliphatic rings. The van der Waals surface area contributed by atoms with Crippen LogP contribution < -0.4 is 5.73 Å². The van der Waals surface area contributed by atoms with Crippen LogP contribution in [-0.2, 0) is 9.84 Å². The van der Waals surface area contributed by atoms with Crippen molar-refractivity contribution in [1.29, 1.82) is 0 Å². The van der Waals surface area contributed by atoms with E-state index in [1.54, 1.807) is 18.4 Å². The molecule has 1 rings (SSSR count). The summed E-state index contributed by atoms with van der Waals surface area (Å²) in [5.74, 6) is 0. The molecule has 1 unspecified atom stereocenters. The molecule has 0 aliphatic carbocycles. The van der Waals surface area contributed by atoms with Crippen LogP contribution >= 0.6 is 11.8 Å². The van der Waals surface area contributed by atoms with Crippen molar-refractivity contribution in [2.75, 3.05) is 19.1 Å². The zero-order valence-electron chi connectivity index (χ0n) is 9.17. The van der Waals surface area contributed by atoms with Crippen LogP contribution in [0.3, 0.4) is 0 Å². The largest absolute Gasteiger partial charge is 0.394 e. The number of thioether (sulfide) groups is 1. The maximum absolute atomic E-state index is 11.5. The van der Waals surface area contributed by atoms with Gasteiger partial charge in [0.2, 0.25) is 0 Å². The van der Waals surface area contributed by atoms with Crippen LogP contribution in [0.2, 0.25) is 0 Å². The number of rotatable bonds is 4. The molecule has 0 saturated heterocycles. The Morgan fingerprint density at radius 3 is 2.56 bits per heavy atom. The monoisotopic (exact) mass is 261 g/mol. The molecule has 0 aromatic heterocycles. The zero-order chi connectivity index (χ0) is 12.3. The van der Waals surface area contributed by atoms with Crippen LogP contribution in [0.5, 0.6) is 0 Å². The third-order valence-corrected chi connectivity index (χ3v) is 4.27. The van der Waals surface area contributed by atoms with Crippen LogP contribution in [0.4, 0.5) is 0 Å². The standard InChI is InChI=1S/C10H15NO3S2/c1-15-9-5-7(8(11)6-12)3-4-10(9)16(2,13)14/h3-5,8,12H,6,11H2,1-2H3. The summed E-state index contributed by atoms with van der Waals surface area (Å²) in [7, 11) is -3.22. The van der Waals surface area contributed by atoms with E-state index in [4.69, 9.17) is 10.8 Å².